The molecule has 1 aliphatic carbocycles. The maximum atomic E-state index is 14.2. The van der Waals surface area contributed by atoms with Crippen LogP contribution >= 0.6 is 11.6 Å². The number of allylic oxidation sites excluding steroid dienone is 2. The third-order valence-corrected chi connectivity index (χ3v) is 7.45. The molecular weight excluding hydrogens is 475 g/mol. The number of urea groups is 1. The number of aromatic nitrogens is 1. The molecule has 0 saturated carbocycles. The number of nitrogens with zero attached hydrogens (tertiary/aromatic N) is 2. The second-order valence-corrected chi connectivity index (χ2v) is 9.90. The quantitative estimate of drug-likeness (QED) is 0.341. The molecule has 0 radical (unpaired) electrons. The minimum Gasteiger partial charge on any atom is -0.512 e. The van der Waals surface area contributed by atoms with E-state index in [1.165, 1.54) is 11.0 Å². The first-order valence-electron chi connectivity index (χ1n) is 11.8. The Labute approximate surface area is 207 Å². The van der Waals surface area contributed by atoms with Crippen LogP contribution in [0.25, 0.3) is 10.9 Å². The van der Waals surface area contributed by atoms with Gasteiger partial charge in [-0.3, -0.25) is 14.6 Å². The Morgan fingerprint density at radius 3 is 2.86 bits per heavy atom. The van der Waals surface area contributed by atoms with Gasteiger partial charge in [-0.1, -0.05) is 17.7 Å². The molecule has 1 aromatic carbocycles. The van der Waals surface area contributed by atoms with E-state index in [1.54, 1.807) is 24.0 Å². The first-order chi connectivity index (χ1) is 16.8. The van der Waals surface area contributed by atoms with Crippen molar-refractivity contribution < 1.29 is 24.2 Å². The molecular formula is C25H28ClFN4O4. The fourth-order valence-electron chi connectivity index (χ4n) is 5.52. The number of carbonyl (C=O) groups excluding carboxylic acids is 2. The Kier molecular flexibility index (Phi) is 6.11. The van der Waals surface area contributed by atoms with Crippen LogP contribution in [-0.2, 0) is 11.2 Å². The van der Waals surface area contributed by atoms with Gasteiger partial charge in [0, 0.05) is 42.5 Å². The van der Waals surface area contributed by atoms with Crippen molar-refractivity contribution in [2.75, 3.05) is 26.2 Å². The highest BCUT2D eigenvalue weighted by Gasteiger charge is 2.60. The Morgan fingerprint density at radius 2 is 2.11 bits per heavy atom. The first kappa shape index (κ1) is 23.8. The number of aromatic amines is 1. The van der Waals surface area contributed by atoms with Crippen molar-refractivity contribution in [3.8, 4) is 0 Å². The van der Waals surface area contributed by atoms with Crippen LogP contribution in [0.5, 0.6) is 0 Å². The van der Waals surface area contributed by atoms with Gasteiger partial charge in [0.15, 0.2) is 0 Å². The lowest BCUT2D eigenvalue weighted by Crippen LogP contribution is -2.53. The van der Waals surface area contributed by atoms with Crippen LogP contribution < -0.4 is 5.32 Å². The Bertz CT molecular complexity index is 1270. The molecule has 2 atom stereocenters. The maximum absolute atomic E-state index is 14.2. The zero-order valence-corrected chi connectivity index (χ0v) is 20.2. The predicted octanol–water partition coefficient (Wildman–Crippen LogP) is 3.71. The Morgan fingerprint density at radius 1 is 1.31 bits per heavy atom. The molecule has 0 bridgehead atoms. The van der Waals surface area contributed by atoms with Crippen molar-refractivity contribution >= 4 is 34.4 Å². The van der Waals surface area contributed by atoms with Gasteiger partial charge in [0.25, 0.3) is 5.91 Å². The summed E-state index contributed by atoms with van der Waals surface area (Å²) in [6, 6.07) is 1.86. The van der Waals surface area contributed by atoms with Gasteiger partial charge in [-0.15, -0.1) is 0 Å². The smallest absolute Gasteiger partial charge is 0.328 e. The second kappa shape index (κ2) is 8.96. The number of nitrogens with one attached hydrogen (secondary N) is 2. The summed E-state index contributed by atoms with van der Waals surface area (Å²) < 4.78 is 14.2. The summed E-state index contributed by atoms with van der Waals surface area (Å²) in [6.07, 6.45) is 5.55. The van der Waals surface area contributed by atoms with Gasteiger partial charge in [0.2, 0.25) is 0 Å². The predicted molar refractivity (Wildman–Crippen MR) is 130 cm³/mol. The van der Waals surface area contributed by atoms with Crippen LogP contribution in [0.4, 0.5) is 9.18 Å². The molecule has 4 N–H and O–H groups in total. The van der Waals surface area contributed by atoms with Crippen LogP contribution in [-0.4, -0.2) is 68.7 Å². The highest BCUT2D eigenvalue weighted by Crippen LogP contribution is 2.50. The molecule has 2 aromatic rings. The summed E-state index contributed by atoms with van der Waals surface area (Å²) >= 11 is 6.10. The SMILES string of the molecule is C[C@@]12Cc3c([nH]c4cc(F)c(Cl)cc34)[C@@H](C3=CCCC(O)=C3)N1C(=O)N(CCCNCCO)C2=O. The fourth-order valence-corrected chi connectivity index (χ4v) is 5.68. The highest BCUT2D eigenvalue weighted by molar-refractivity contribution is 6.31. The molecule has 186 valence electrons. The van der Waals surface area contributed by atoms with E-state index >= 15 is 0 Å². The van der Waals surface area contributed by atoms with Crippen LogP contribution in [0.1, 0.15) is 43.5 Å². The third-order valence-electron chi connectivity index (χ3n) is 7.16. The standard InChI is InChI=1S/C25H28ClFN4O4/c1-25-13-17-16-11-18(26)19(27)12-20(16)29-21(17)22(14-4-2-5-15(33)10-14)31(25)24(35)30(23(25)34)8-3-6-28-7-9-32/h4,10-12,22,28-29,32-33H,2-3,5-9,13H2,1H3/t22-,25+/m1/s1. The molecule has 1 saturated heterocycles. The van der Waals surface area contributed by atoms with Gasteiger partial charge in [0.1, 0.15) is 17.4 Å². The van der Waals surface area contributed by atoms with Crippen LogP contribution in [0, 0.1) is 5.82 Å². The molecule has 3 amide bonds. The highest BCUT2D eigenvalue weighted by atomic mass is 35.5. The second-order valence-electron chi connectivity index (χ2n) is 9.50. The average Bonchev–Trinajstić information content (AvgIpc) is 3.24. The van der Waals surface area contributed by atoms with E-state index in [4.69, 9.17) is 16.7 Å². The number of aliphatic hydroxyl groups is 2. The number of rotatable bonds is 7. The molecule has 10 heteroatoms. The summed E-state index contributed by atoms with van der Waals surface area (Å²) in [4.78, 5) is 33.6. The minimum atomic E-state index is -1.15. The lowest BCUT2D eigenvalue weighted by molar-refractivity contribution is -0.133. The van der Waals surface area contributed by atoms with Crippen molar-refractivity contribution in [2.24, 2.45) is 0 Å². The topological polar surface area (TPSA) is 109 Å². The van der Waals surface area contributed by atoms with E-state index in [9.17, 15) is 19.1 Å². The van der Waals surface area contributed by atoms with E-state index in [0.717, 1.165) is 5.56 Å². The van der Waals surface area contributed by atoms with E-state index in [1.807, 2.05) is 6.08 Å². The number of imide groups is 1. The van der Waals surface area contributed by atoms with Crippen molar-refractivity contribution in [1.82, 2.24) is 20.1 Å². The molecule has 3 heterocycles. The van der Waals surface area contributed by atoms with Crippen molar-refractivity contribution in [3.05, 3.63) is 57.7 Å². The molecule has 1 aromatic heterocycles. The van der Waals surface area contributed by atoms with Gasteiger partial charge in [-0.05, 0) is 55.7 Å². The summed E-state index contributed by atoms with van der Waals surface area (Å²) in [7, 11) is 0. The monoisotopic (exact) mass is 502 g/mol. The number of fused-ring (bicyclic) bond motifs is 4. The third kappa shape index (κ3) is 3.82. The number of hydrogen-bond donors (Lipinski definition) is 4. The average molecular weight is 503 g/mol. The molecule has 1 fully saturated rings. The van der Waals surface area contributed by atoms with Crippen LogP contribution in [0.15, 0.2) is 35.6 Å². The van der Waals surface area contributed by atoms with Gasteiger partial charge >= 0.3 is 6.03 Å². The number of H-pyrrole nitrogens is 1. The van der Waals surface area contributed by atoms with Crippen LogP contribution in [0.2, 0.25) is 5.02 Å². The summed E-state index contributed by atoms with van der Waals surface area (Å²) in [5.74, 6) is -0.623. The molecule has 35 heavy (non-hydrogen) atoms. The number of hydrogen-bond acceptors (Lipinski definition) is 5. The Hall–Kier alpha value is -2.88. The number of carbonyl (C=O) groups is 2. The minimum absolute atomic E-state index is 0.0105. The van der Waals surface area contributed by atoms with Gasteiger partial charge in [-0.25, -0.2) is 9.18 Å². The van der Waals surface area contributed by atoms with Gasteiger partial charge < -0.3 is 20.5 Å². The molecule has 2 aliphatic heterocycles. The summed E-state index contributed by atoms with van der Waals surface area (Å²) in [5.41, 5.74) is 1.63. The van der Waals surface area contributed by atoms with Crippen molar-refractivity contribution in [1.29, 1.82) is 0 Å². The lowest BCUT2D eigenvalue weighted by atomic mass is 9.80. The molecule has 3 aliphatic rings. The zero-order chi connectivity index (χ0) is 24.9. The number of halogens is 2. The largest absolute Gasteiger partial charge is 0.512 e. The zero-order valence-electron chi connectivity index (χ0n) is 19.4. The number of amides is 3. The Balaban J connectivity index is 1.59. The number of aliphatic hydroxyl groups excluding tert-OH is 2. The first-order valence-corrected chi connectivity index (χ1v) is 12.2. The van der Waals surface area contributed by atoms with E-state index < -0.39 is 23.4 Å². The van der Waals surface area contributed by atoms with E-state index in [2.05, 4.69) is 10.3 Å². The summed E-state index contributed by atoms with van der Waals surface area (Å²) in [6.45, 7) is 3.05. The van der Waals surface area contributed by atoms with Gasteiger partial charge in [0.05, 0.1) is 17.4 Å². The maximum Gasteiger partial charge on any atom is 0.328 e. The van der Waals surface area contributed by atoms with Crippen molar-refractivity contribution in [3.63, 3.8) is 0 Å². The number of benzene rings is 1. The molecule has 5 rings (SSSR count). The normalized spacial score (nSPS) is 24.1. The van der Waals surface area contributed by atoms with E-state index in [0.29, 0.717) is 54.5 Å². The lowest BCUT2D eigenvalue weighted by Gasteiger charge is -2.43. The van der Waals surface area contributed by atoms with Crippen molar-refractivity contribution in [2.45, 2.75) is 44.2 Å². The summed E-state index contributed by atoms with van der Waals surface area (Å²) in [5, 5.41) is 23.0. The fraction of sp³-hybridized carbons (Fsp3) is 0.440. The van der Waals surface area contributed by atoms with E-state index in [-0.39, 0.29) is 36.3 Å². The van der Waals surface area contributed by atoms with Crippen LogP contribution in [0.3, 0.4) is 0 Å². The molecule has 0 spiro atoms. The molecule has 8 nitrogen and oxygen atoms in total. The molecule has 0 unspecified atom stereocenters. The van der Waals surface area contributed by atoms with Gasteiger partial charge in [-0.2, -0.15) is 0 Å².